The van der Waals surface area contributed by atoms with Gasteiger partial charge in [0.1, 0.15) is 5.75 Å². The summed E-state index contributed by atoms with van der Waals surface area (Å²) in [6.07, 6.45) is 0. The normalized spacial score (nSPS) is 11.9. The fourth-order valence-electron chi connectivity index (χ4n) is 2.93. The number of carbonyl (C=O) groups is 1. The molecule has 6 nitrogen and oxygen atoms in total. The van der Waals surface area contributed by atoms with Crippen molar-refractivity contribution in [3.8, 4) is 17.1 Å². The third-order valence-electron chi connectivity index (χ3n) is 4.56. The van der Waals surface area contributed by atoms with Crippen LogP contribution in [-0.4, -0.2) is 33.0 Å². The number of hydrogen-bond donors (Lipinski definition) is 1. The molecule has 0 spiro atoms. The number of aryl methyl sites for hydroxylation is 2. The van der Waals surface area contributed by atoms with Crippen LogP contribution in [0.25, 0.3) is 11.4 Å². The van der Waals surface area contributed by atoms with E-state index >= 15 is 0 Å². The number of ether oxygens (including phenoxy) is 1. The van der Waals surface area contributed by atoms with E-state index in [9.17, 15) is 4.79 Å². The minimum Gasteiger partial charge on any atom is -0.496 e. The average Bonchev–Trinajstić information content (AvgIpc) is 3.04. The lowest BCUT2D eigenvalue weighted by molar-refractivity contribution is -0.115. The van der Waals surface area contributed by atoms with Gasteiger partial charge in [0.2, 0.25) is 5.91 Å². The van der Waals surface area contributed by atoms with Gasteiger partial charge in [0.15, 0.2) is 11.0 Å². The Morgan fingerprint density at radius 3 is 2.46 bits per heavy atom. The highest BCUT2D eigenvalue weighted by atomic mass is 32.2. The summed E-state index contributed by atoms with van der Waals surface area (Å²) in [5, 5.41) is 12.0. The third kappa shape index (κ3) is 4.04. The number of methoxy groups -OCH3 is 1. The molecule has 1 heterocycles. The number of carbonyl (C=O) groups excluding carboxylic acids is 1. The molecule has 0 fully saturated rings. The highest BCUT2D eigenvalue weighted by molar-refractivity contribution is 8.00. The maximum absolute atomic E-state index is 12.7. The van der Waals surface area contributed by atoms with Crippen LogP contribution in [0.2, 0.25) is 0 Å². The Labute approximate surface area is 169 Å². The van der Waals surface area contributed by atoms with Gasteiger partial charge < -0.3 is 14.6 Å². The molecule has 1 aromatic heterocycles. The van der Waals surface area contributed by atoms with Crippen LogP contribution in [0.3, 0.4) is 0 Å². The van der Waals surface area contributed by atoms with Crippen molar-refractivity contribution >= 4 is 23.4 Å². The lowest BCUT2D eigenvalue weighted by Crippen LogP contribution is -2.23. The summed E-state index contributed by atoms with van der Waals surface area (Å²) in [5.74, 6) is 1.36. The Morgan fingerprint density at radius 1 is 1.11 bits per heavy atom. The number of hydrogen-bond acceptors (Lipinski definition) is 5. The van der Waals surface area contributed by atoms with Gasteiger partial charge in [0.05, 0.1) is 17.9 Å². The molecule has 0 radical (unpaired) electrons. The predicted octanol–water partition coefficient (Wildman–Crippen LogP) is 4.23. The Morgan fingerprint density at radius 2 is 1.79 bits per heavy atom. The molecule has 0 aliphatic carbocycles. The third-order valence-corrected chi connectivity index (χ3v) is 5.70. The first-order chi connectivity index (χ1) is 13.4. The van der Waals surface area contributed by atoms with Gasteiger partial charge in [-0.25, -0.2) is 0 Å². The molecule has 0 saturated heterocycles. The Balaban J connectivity index is 1.77. The van der Waals surface area contributed by atoms with E-state index in [1.807, 2.05) is 74.9 Å². The molecule has 2 aromatic carbocycles. The van der Waals surface area contributed by atoms with E-state index in [1.165, 1.54) is 11.8 Å². The molecular formula is C21H24N4O2S. The molecule has 0 aliphatic heterocycles. The molecule has 1 atom stereocenters. The molecule has 0 aliphatic rings. The standard InChI is InChI=1S/C21H24N4O2S/c1-13-9-8-10-14(2)18(13)22-20(26)15(3)28-21-24-23-19(25(21)4)16-11-6-7-12-17(16)27-5/h6-12,15H,1-5H3,(H,22,26). The first kappa shape index (κ1) is 19.9. The van der Waals surface area contributed by atoms with Crippen molar-refractivity contribution in [3.63, 3.8) is 0 Å². The monoisotopic (exact) mass is 396 g/mol. The van der Waals surface area contributed by atoms with E-state index in [2.05, 4.69) is 15.5 Å². The van der Waals surface area contributed by atoms with Crippen LogP contribution in [0.5, 0.6) is 5.75 Å². The van der Waals surface area contributed by atoms with E-state index in [1.54, 1.807) is 7.11 Å². The van der Waals surface area contributed by atoms with Crippen LogP contribution >= 0.6 is 11.8 Å². The molecule has 1 amide bonds. The number of aromatic nitrogens is 3. The molecule has 3 aromatic rings. The zero-order valence-corrected chi connectivity index (χ0v) is 17.5. The van der Waals surface area contributed by atoms with Crippen molar-refractivity contribution in [3.05, 3.63) is 53.6 Å². The first-order valence-corrected chi connectivity index (χ1v) is 9.87. The number of nitrogens with zero attached hydrogens (tertiary/aromatic N) is 3. The van der Waals surface area contributed by atoms with Crippen LogP contribution in [0, 0.1) is 13.8 Å². The van der Waals surface area contributed by atoms with Crippen LogP contribution in [0.1, 0.15) is 18.1 Å². The number of para-hydroxylation sites is 2. The number of rotatable bonds is 6. The molecule has 7 heteroatoms. The lowest BCUT2D eigenvalue weighted by atomic mass is 10.1. The molecule has 0 bridgehead atoms. The van der Waals surface area contributed by atoms with E-state index in [0.717, 1.165) is 28.1 Å². The lowest BCUT2D eigenvalue weighted by Gasteiger charge is -2.15. The van der Waals surface area contributed by atoms with Crippen molar-refractivity contribution in [2.45, 2.75) is 31.2 Å². The second-order valence-corrected chi connectivity index (χ2v) is 7.89. The maximum Gasteiger partial charge on any atom is 0.237 e. The average molecular weight is 397 g/mol. The summed E-state index contributed by atoms with van der Waals surface area (Å²) in [4.78, 5) is 12.7. The number of thioether (sulfide) groups is 1. The predicted molar refractivity (Wildman–Crippen MR) is 113 cm³/mol. The number of nitrogens with one attached hydrogen (secondary N) is 1. The van der Waals surface area contributed by atoms with Crippen molar-refractivity contribution in [2.75, 3.05) is 12.4 Å². The minimum absolute atomic E-state index is 0.0655. The van der Waals surface area contributed by atoms with Crippen molar-refractivity contribution in [1.29, 1.82) is 0 Å². The van der Waals surface area contributed by atoms with E-state index in [4.69, 9.17) is 4.74 Å². The molecular weight excluding hydrogens is 372 g/mol. The van der Waals surface area contributed by atoms with Gasteiger partial charge in [0, 0.05) is 12.7 Å². The number of amides is 1. The Hall–Kier alpha value is -2.80. The first-order valence-electron chi connectivity index (χ1n) is 8.99. The molecule has 1 N–H and O–H groups in total. The fourth-order valence-corrected chi connectivity index (χ4v) is 3.74. The molecule has 146 valence electrons. The highest BCUT2D eigenvalue weighted by Gasteiger charge is 2.21. The summed E-state index contributed by atoms with van der Waals surface area (Å²) in [5.41, 5.74) is 3.82. The smallest absolute Gasteiger partial charge is 0.237 e. The van der Waals surface area contributed by atoms with E-state index in [0.29, 0.717) is 11.0 Å². The summed E-state index contributed by atoms with van der Waals surface area (Å²) < 4.78 is 7.30. The van der Waals surface area contributed by atoms with Crippen LogP contribution in [0.15, 0.2) is 47.6 Å². The summed E-state index contributed by atoms with van der Waals surface area (Å²) in [6, 6.07) is 13.6. The van der Waals surface area contributed by atoms with Gasteiger partial charge in [-0.05, 0) is 44.0 Å². The van der Waals surface area contributed by atoms with Crippen LogP contribution in [0.4, 0.5) is 5.69 Å². The molecule has 0 saturated carbocycles. The van der Waals surface area contributed by atoms with Crippen molar-refractivity contribution in [1.82, 2.24) is 14.8 Å². The molecule has 1 unspecified atom stereocenters. The van der Waals surface area contributed by atoms with Crippen molar-refractivity contribution in [2.24, 2.45) is 7.05 Å². The van der Waals surface area contributed by atoms with Gasteiger partial charge in [-0.1, -0.05) is 42.1 Å². The van der Waals surface area contributed by atoms with Gasteiger partial charge in [-0.2, -0.15) is 0 Å². The molecule has 28 heavy (non-hydrogen) atoms. The van der Waals surface area contributed by atoms with E-state index in [-0.39, 0.29) is 11.2 Å². The highest BCUT2D eigenvalue weighted by Crippen LogP contribution is 2.31. The topological polar surface area (TPSA) is 69.0 Å². The second-order valence-electron chi connectivity index (χ2n) is 6.58. The molecule has 3 rings (SSSR count). The van der Waals surface area contributed by atoms with Crippen LogP contribution in [-0.2, 0) is 11.8 Å². The maximum atomic E-state index is 12.7. The summed E-state index contributed by atoms with van der Waals surface area (Å²) in [6.45, 7) is 5.84. The summed E-state index contributed by atoms with van der Waals surface area (Å²) in [7, 11) is 3.52. The zero-order chi connectivity index (χ0) is 20.3. The summed E-state index contributed by atoms with van der Waals surface area (Å²) >= 11 is 1.37. The van der Waals surface area contributed by atoms with Crippen molar-refractivity contribution < 1.29 is 9.53 Å². The zero-order valence-electron chi connectivity index (χ0n) is 16.7. The quantitative estimate of drug-likeness (QED) is 0.632. The van der Waals surface area contributed by atoms with Gasteiger partial charge >= 0.3 is 0 Å². The largest absolute Gasteiger partial charge is 0.496 e. The second kappa shape index (κ2) is 8.48. The Bertz CT molecular complexity index is 980. The fraction of sp³-hybridized carbons (Fsp3) is 0.286. The minimum atomic E-state index is -0.326. The van der Waals surface area contributed by atoms with Gasteiger partial charge in [0.25, 0.3) is 0 Å². The Kier molecular flexibility index (Phi) is 6.04. The van der Waals surface area contributed by atoms with Crippen LogP contribution < -0.4 is 10.1 Å². The number of anilines is 1. The van der Waals surface area contributed by atoms with Gasteiger partial charge in [-0.15, -0.1) is 10.2 Å². The SMILES string of the molecule is COc1ccccc1-c1nnc(SC(C)C(=O)Nc2c(C)cccc2C)n1C. The van der Waals surface area contributed by atoms with E-state index < -0.39 is 0 Å². The number of benzene rings is 2. The van der Waals surface area contributed by atoms with Gasteiger partial charge in [-0.3, -0.25) is 4.79 Å².